The van der Waals surface area contributed by atoms with Crippen molar-refractivity contribution < 1.29 is 37.3 Å². The van der Waals surface area contributed by atoms with Crippen molar-refractivity contribution in [2.75, 3.05) is 44.0 Å². The van der Waals surface area contributed by atoms with Gasteiger partial charge in [-0.3, -0.25) is 4.79 Å². The Morgan fingerprint density at radius 3 is 2.52 bits per heavy atom. The molecule has 242 valence electrons. The molecule has 2 aromatic rings. The van der Waals surface area contributed by atoms with Crippen LogP contribution in [0.4, 0.5) is 10.5 Å². The number of aryl methyl sites for hydroxylation is 1. The van der Waals surface area contributed by atoms with Crippen molar-refractivity contribution >= 4 is 27.6 Å². The standard InChI is InChI=1S/C32H45N3O8S/c1-32(2)42-23-26-20-25(14-15-29(26)43-32)28(36)21-33-16-7-4-5-8-17-41-18-9-6-11-24-12-10-13-27(19-24)35-30(37)22-34(31(35)38)44(3,39)40/h10,12-15,19-20,28,33,36H,4-9,11,16-18,21-23H2,1-3H3. The lowest BCUT2D eigenvalue weighted by molar-refractivity contribution is -0.180. The second-order valence-corrected chi connectivity index (χ2v) is 13.7. The summed E-state index contributed by atoms with van der Waals surface area (Å²) in [6.07, 6.45) is 7.09. The van der Waals surface area contributed by atoms with E-state index in [-0.39, 0.29) is 0 Å². The van der Waals surface area contributed by atoms with Gasteiger partial charge in [0.1, 0.15) is 12.3 Å². The summed E-state index contributed by atoms with van der Waals surface area (Å²) in [7, 11) is -3.80. The molecule has 4 rings (SSSR count). The molecule has 2 aliphatic heterocycles. The van der Waals surface area contributed by atoms with Crippen LogP contribution in [0.1, 0.15) is 75.2 Å². The molecular weight excluding hydrogens is 586 g/mol. The number of carbonyl (C=O) groups is 2. The van der Waals surface area contributed by atoms with E-state index in [9.17, 15) is 23.1 Å². The van der Waals surface area contributed by atoms with Crippen molar-refractivity contribution in [2.45, 2.75) is 77.3 Å². The summed E-state index contributed by atoms with van der Waals surface area (Å²) >= 11 is 0. The largest absolute Gasteiger partial charge is 0.463 e. The van der Waals surface area contributed by atoms with Gasteiger partial charge < -0.3 is 24.6 Å². The first-order valence-corrected chi connectivity index (χ1v) is 17.2. The van der Waals surface area contributed by atoms with Crippen LogP contribution in [0.15, 0.2) is 42.5 Å². The molecule has 1 atom stereocenters. The highest BCUT2D eigenvalue weighted by Gasteiger charge is 2.42. The number of hydrogen-bond donors (Lipinski definition) is 2. The lowest BCUT2D eigenvalue weighted by Crippen LogP contribution is -2.36. The van der Waals surface area contributed by atoms with Gasteiger partial charge >= 0.3 is 6.03 Å². The van der Waals surface area contributed by atoms with Crippen molar-refractivity contribution in [3.8, 4) is 5.75 Å². The van der Waals surface area contributed by atoms with Crippen LogP contribution in [0, 0.1) is 0 Å². The monoisotopic (exact) mass is 631 g/mol. The number of carbonyl (C=O) groups excluding carboxylic acids is 2. The van der Waals surface area contributed by atoms with E-state index in [1.54, 1.807) is 18.2 Å². The van der Waals surface area contributed by atoms with Gasteiger partial charge in [0.2, 0.25) is 15.8 Å². The van der Waals surface area contributed by atoms with E-state index >= 15 is 0 Å². The minimum absolute atomic E-state index is 0.385. The smallest absolute Gasteiger partial charge is 0.345 e. The number of ether oxygens (including phenoxy) is 3. The molecule has 2 heterocycles. The fourth-order valence-electron chi connectivity index (χ4n) is 5.21. The molecule has 1 fully saturated rings. The summed E-state index contributed by atoms with van der Waals surface area (Å²) in [4.78, 5) is 25.7. The van der Waals surface area contributed by atoms with Crippen molar-refractivity contribution in [3.63, 3.8) is 0 Å². The molecule has 11 nitrogen and oxygen atoms in total. The third-order valence-electron chi connectivity index (χ3n) is 7.64. The predicted octanol–water partition coefficient (Wildman–Crippen LogP) is 4.28. The minimum atomic E-state index is -3.80. The highest BCUT2D eigenvalue weighted by molar-refractivity contribution is 7.89. The van der Waals surface area contributed by atoms with E-state index < -0.39 is 40.4 Å². The Balaban J connectivity index is 1.01. The third-order valence-corrected chi connectivity index (χ3v) is 8.72. The number of aliphatic hydroxyl groups is 1. The minimum Gasteiger partial charge on any atom is -0.463 e. The van der Waals surface area contributed by atoms with E-state index in [4.69, 9.17) is 14.2 Å². The Bertz CT molecular complexity index is 1400. The molecule has 2 aliphatic rings. The van der Waals surface area contributed by atoms with Crippen molar-refractivity contribution in [1.29, 1.82) is 0 Å². The van der Waals surface area contributed by atoms with E-state index in [1.165, 1.54) is 0 Å². The van der Waals surface area contributed by atoms with Crippen LogP contribution in [0.5, 0.6) is 5.75 Å². The Hall–Kier alpha value is -3.03. The summed E-state index contributed by atoms with van der Waals surface area (Å²) in [5.41, 5.74) is 3.16. The third kappa shape index (κ3) is 9.48. The summed E-state index contributed by atoms with van der Waals surface area (Å²) in [6, 6.07) is 12.0. The summed E-state index contributed by atoms with van der Waals surface area (Å²) in [6.45, 7) is 6.51. The van der Waals surface area contributed by atoms with E-state index in [0.29, 0.717) is 29.8 Å². The average Bonchev–Trinajstić information content (AvgIpc) is 3.28. The zero-order valence-corrected chi connectivity index (χ0v) is 26.7. The van der Waals surface area contributed by atoms with Crippen molar-refractivity contribution in [3.05, 3.63) is 59.2 Å². The van der Waals surface area contributed by atoms with Crippen LogP contribution in [0.25, 0.3) is 0 Å². The zero-order valence-electron chi connectivity index (χ0n) is 25.9. The number of anilines is 1. The molecule has 0 aliphatic carbocycles. The van der Waals surface area contributed by atoms with Crippen LogP contribution in [-0.2, 0) is 37.3 Å². The lowest BCUT2D eigenvalue weighted by Gasteiger charge is -2.33. The van der Waals surface area contributed by atoms with Crippen molar-refractivity contribution in [1.82, 2.24) is 9.62 Å². The Labute approximate surface area is 260 Å². The van der Waals surface area contributed by atoms with Gasteiger partial charge in [0.05, 0.1) is 24.7 Å². The maximum Gasteiger partial charge on any atom is 0.345 e. The molecule has 1 unspecified atom stereocenters. The van der Waals surface area contributed by atoms with Crippen LogP contribution in [-0.4, -0.2) is 74.7 Å². The molecule has 3 amide bonds. The van der Waals surface area contributed by atoms with Crippen LogP contribution in [0.3, 0.4) is 0 Å². The molecule has 0 aromatic heterocycles. The lowest BCUT2D eigenvalue weighted by atomic mass is 10.0. The number of rotatable bonds is 17. The molecule has 0 radical (unpaired) electrons. The molecule has 1 saturated heterocycles. The molecule has 2 aromatic carbocycles. The molecule has 0 saturated carbocycles. The van der Waals surface area contributed by atoms with Gasteiger partial charge in [0, 0.05) is 39.2 Å². The number of amides is 3. The maximum absolute atomic E-state index is 12.5. The molecular formula is C32H45N3O8S. The SMILES string of the molecule is CC1(C)OCc2cc(C(O)CNCCCCCCOCCCCc3cccc(N4C(=O)CN(S(C)(=O)=O)C4=O)c3)ccc2O1. The second-order valence-electron chi connectivity index (χ2n) is 11.8. The number of nitrogens with one attached hydrogen (secondary N) is 1. The number of unbranched alkanes of at least 4 members (excludes halogenated alkanes) is 4. The predicted molar refractivity (Wildman–Crippen MR) is 167 cm³/mol. The van der Waals surface area contributed by atoms with E-state index in [1.807, 2.05) is 38.1 Å². The summed E-state index contributed by atoms with van der Waals surface area (Å²) < 4.78 is 41.4. The highest BCUT2D eigenvalue weighted by atomic mass is 32.2. The molecule has 0 bridgehead atoms. The average molecular weight is 632 g/mol. The number of imide groups is 1. The first-order chi connectivity index (χ1) is 20.9. The number of urea groups is 1. The maximum atomic E-state index is 12.5. The fourth-order valence-corrected chi connectivity index (χ4v) is 5.92. The van der Waals surface area contributed by atoms with Gasteiger partial charge in [-0.15, -0.1) is 0 Å². The molecule has 12 heteroatoms. The van der Waals surface area contributed by atoms with E-state index in [0.717, 1.165) is 91.7 Å². The highest BCUT2D eigenvalue weighted by Crippen LogP contribution is 2.33. The molecule has 2 N–H and O–H groups in total. The number of fused-ring (bicyclic) bond motifs is 1. The second kappa shape index (κ2) is 15.3. The molecule has 0 spiro atoms. The van der Waals surface area contributed by atoms with Gasteiger partial charge in [0.15, 0.2) is 0 Å². The Morgan fingerprint density at radius 1 is 1.02 bits per heavy atom. The number of nitrogens with zero attached hydrogens (tertiary/aromatic N) is 2. The number of benzene rings is 2. The first-order valence-electron chi connectivity index (χ1n) is 15.3. The number of hydrogen-bond acceptors (Lipinski definition) is 9. The first kappa shape index (κ1) is 33.9. The van der Waals surface area contributed by atoms with Crippen molar-refractivity contribution in [2.24, 2.45) is 0 Å². The summed E-state index contributed by atoms with van der Waals surface area (Å²) in [5, 5.41) is 13.9. The van der Waals surface area contributed by atoms with Crippen LogP contribution < -0.4 is 15.0 Å². The number of sulfonamides is 1. The Morgan fingerprint density at radius 2 is 1.77 bits per heavy atom. The number of aliphatic hydroxyl groups excluding tert-OH is 1. The Kier molecular flexibility index (Phi) is 11.8. The van der Waals surface area contributed by atoms with Crippen LogP contribution >= 0.6 is 0 Å². The van der Waals surface area contributed by atoms with Gasteiger partial charge in [-0.2, -0.15) is 0 Å². The zero-order chi connectivity index (χ0) is 31.7. The van der Waals surface area contributed by atoms with Gasteiger partial charge in [0.25, 0.3) is 5.91 Å². The quantitative estimate of drug-likeness (QED) is 0.194. The summed E-state index contributed by atoms with van der Waals surface area (Å²) in [5.74, 6) is -0.381. The van der Waals surface area contributed by atoms with E-state index in [2.05, 4.69) is 5.32 Å². The van der Waals surface area contributed by atoms with Gasteiger partial charge in [-0.05, 0) is 74.0 Å². The topological polar surface area (TPSA) is 135 Å². The normalized spacial score (nSPS) is 17.1. The fraction of sp³-hybridized carbons (Fsp3) is 0.562. The van der Waals surface area contributed by atoms with Crippen LogP contribution in [0.2, 0.25) is 0 Å². The van der Waals surface area contributed by atoms with Gasteiger partial charge in [-0.1, -0.05) is 31.0 Å². The van der Waals surface area contributed by atoms with Gasteiger partial charge in [-0.25, -0.2) is 22.4 Å². The molecule has 44 heavy (non-hydrogen) atoms.